The number of rotatable bonds is 1. The summed E-state index contributed by atoms with van der Waals surface area (Å²) < 4.78 is 51.3. The van der Waals surface area contributed by atoms with Gasteiger partial charge in [-0.3, -0.25) is 0 Å². The highest BCUT2D eigenvalue weighted by Crippen LogP contribution is 2.36. The van der Waals surface area contributed by atoms with Gasteiger partial charge in [0, 0.05) is 11.8 Å². The monoisotopic (exact) mass is 257 g/mol. The molecule has 0 amide bonds. The molecule has 18 heavy (non-hydrogen) atoms. The Kier molecular flexibility index (Phi) is 2.90. The average Bonchev–Trinajstić information content (AvgIpc) is 2.27. The lowest BCUT2D eigenvalue weighted by atomic mass is 10.1. The summed E-state index contributed by atoms with van der Waals surface area (Å²) in [5, 5.41) is 0. The Balaban J connectivity index is 2.66. The fourth-order valence-electron chi connectivity index (χ4n) is 1.45. The van der Waals surface area contributed by atoms with E-state index in [-0.39, 0.29) is 11.6 Å². The van der Waals surface area contributed by atoms with Crippen LogP contribution in [0.4, 0.5) is 23.4 Å². The van der Waals surface area contributed by atoms with Crippen molar-refractivity contribution in [2.45, 2.75) is 6.18 Å². The molecular formula is C11H7F4N3. The molecule has 0 saturated heterocycles. The molecule has 2 rings (SSSR count). The van der Waals surface area contributed by atoms with Gasteiger partial charge in [0.15, 0.2) is 5.82 Å². The minimum absolute atomic E-state index is 0.0115. The zero-order chi connectivity index (χ0) is 13.3. The molecule has 0 atom stereocenters. The molecule has 1 aromatic carbocycles. The van der Waals surface area contributed by atoms with Gasteiger partial charge in [-0.15, -0.1) is 0 Å². The first-order chi connectivity index (χ1) is 8.38. The molecule has 0 radical (unpaired) electrons. The Morgan fingerprint density at radius 1 is 1.11 bits per heavy atom. The number of hydrogen-bond donors (Lipinski definition) is 1. The molecule has 3 nitrogen and oxygen atoms in total. The van der Waals surface area contributed by atoms with Gasteiger partial charge in [0.05, 0.1) is 5.56 Å². The molecule has 0 unspecified atom stereocenters. The molecule has 0 saturated carbocycles. The van der Waals surface area contributed by atoms with E-state index in [1.807, 2.05) is 0 Å². The van der Waals surface area contributed by atoms with Gasteiger partial charge in [0.1, 0.15) is 11.6 Å². The Morgan fingerprint density at radius 2 is 1.83 bits per heavy atom. The zero-order valence-electron chi connectivity index (χ0n) is 8.87. The maximum Gasteiger partial charge on any atom is 0.417 e. The van der Waals surface area contributed by atoms with Crippen LogP contribution in [0.1, 0.15) is 5.56 Å². The van der Waals surface area contributed by atoms with Crippen LogP contribution in [0.3, 0.4) is 0 Å². The van der Waals surface area contributed by atoms with Crippen molar-refractivity contribution in [3.63, 3.8) is 0 Å². The van der Waals surface area contributed by atoms with Crippen molar-refractivity contribution in [3.8, 4) is 11.4 Å². The highest BCUT2D eigenvalue weighted by molar-refractivity contribution is 5.62. The van der Waals surface area contributed by atoms with Crippen LogP contribution in [-0.2, 0) is 6.18 Å². The summed E-state index contributed by atoms with van der Waals surface area (Å²) in [6.45, 7) is 0. The molecule has 0 aliphatic carbocycles. The molecule has 0 aliphatic rings. The lowest BCUT2D eigenvalue weighted by molar-refractivity contribution is -0.137. The first-order valence-electron chi connectivity index (χ1n) is 4.83. The third kappa shape index (κ3) is 2.39. The van der Waals surface area contributed by atoms with E-state index >= 15 is 0 Å². The summed E-state index contributed by atoms with van der Waals surface area (Å²) in [6.07, 6.45) is -3.40. The molecule has 1 aromatic heterocycles. The van der Waals surface area contributed by atoms with Crippen molar-refractivity contribution < 1.29 is 17.6 Å². The lowest BCUT2D eigenvalue weighted by Gasteiger charge is -2.11. The van der Waals surface area contributed by atoms with Crippen molar-refractivity contribution in [1.82, 2.24) is 9.97 Å². The van der Waals surface area contributed by atoms with E-state index in [1.165, 1.54) is 12.3 Å². The summed E-state index contributed by atoms with van der Waals surface area (Å²) in [4.78, 5) is 7.33. The number of benzene rings is 1. The third-order valence-corrected chi connectivity index (χ3v) is 2.21. The van der Waals surface area contributed by atoms with Gasteiger partial charge in [-0.1, -0.05) is 0 Å². The number of nitrogens with two attached hydrogens (primary N) is 1. The maximum absolute atomic E-state index is 13.1. The normalized spacial score (nSPS) is 11.6. The second-order valence-electron chi connectivity index (χ2n) is 3.49. The van der Waals surface area contributed by atoms with Gasteiger partial charge in [0.25, 0.3) is 0 Å². The molecule has 0 bridgehead atoms. The Morgan fingerprint density at radius 3 is 2.44 bits per heavy atom. The first-order valence-corrected chi connectivity index (χ1v) is 4.83. The van der Waals surface area contributed by atoms with E-state index in [1.54, 1.807) is 0 Å². The van der Waals surface area contributed by atoms with Crippen molar-refractivity contribution in [3.05, 3.63) is 41.8 Å². The third-order valence-electron chi connectivity index (χ3n) is 2.21. The fraction of sp³-hybridized carbons (Fsp3) is 0.0909. The standard InChI is InChI=1S/C11H7F4N3/c12-6-1-2-8(11(13,14)15)7(5-6)10-17-4-3-9(16)18-10/h1-5H,(H2,16,17,18). The van der Waals surface area contributed by atoms with Crippen LogP contribution in [0.15, 0.2) is 30.5 Å². The smallest absolute Gasteiger partial charge is 0.384 e. The van der Waals surface area contributed by atoms with Crippen LogP contribution in [0.5, 0.6) is 0 Å². The molecule has 1 heterocycles. The molecule has 2 aromatic rings. The molecular weight excluding hydrogens is 250 g/mol. The van der Waals surface area contributed by atoms with E-state index in [4.69, 9.17) is 5.73 Å². The molecule has 2 N–H and O–H groups in total. The lowest BCUT2D eigenvalue weighted by Crippen LogP contribution is -2.09. The number of nitrogens with zero attached hydrogens (tertiary/aromatic N) is 2. The van der Waals surface area contributed by atoms with Crippen LogP contribution in [-0.4, -0.2) is 9.97 Å². The number of nitrogen functional groups attached to an aromatic ring is 1. The van der Waals surface area contributed by atoms with E-state index in [0.717, 1.165) is 12.1 Å². The minimum Gasteiger partial charge on any atom is -0.384 e. The minimum atomic E-state index is -4.61. The Bertz CT molecular complexity index is 581. The SMILES string of the molecule is Nc1ccnc(-c2cc(F)ccc2C(F)(F)F)n1. The van der Waals surface area contributed by atoms with Crippen molar-refractivity contribution in [1.29, 1.82) is 0 Å². The summed E-state index contributed by atoms with van der Waals surface area (Å²) in [7, 11) is 0. The maximum atomic E-state index is 13.1. The number of hydrogen-bond acceptors (Lipinski definition) is 3. The van der Waals surface area contributed by atoms with Crippen molar-refractivity contribution in [2.75, 3.05) is 5.73 Å². The van der Waals surface area contributed by atoms with Crippen LogP contribution < -0.4 is 5.73 Å². The van der Waals surface area contributed by atoms with Gasteiger partial charge in [-0.05, 0) is 24.3 Å². The van der Waals surface area contributed by atoms with Gasteiger partial charge in [-0.2, -0.15) is 13.2 Å². The van der Waals surface area contributed by atoms with Crippen LogP contribution in [0, 0.1) is 5.82 Å². The number of anilines is 1. The Labute approximate surface area is 99.3 Å². The largest absolute Gasteiger partial charge is 0.417 e. The molecule has 7 heteroatoms. The van der Waals surface area contributed by atoms with E-state index in [0.29, 0.717) is 6.07 Å². The van der Waals surface area contributed by atoms with Crippen LogP contribution in [0.2, 0.25) is 0 Å². The summed E-state index contributed by atoms with van der Waals surface area (Å²) >= 11 is 0. The highest BCUT2D eigenvalue weighted by Gasteiger charge is 2.34. The predicted octanol–water partition coefficient (Wildman–Crippen LogP) is 2.88. The molecule has 94 valence electrons. The highest BCUT2D eigenvalue weighted by atomic mass is 19.4. The van der Waals surface area contributed by atoms with Crippen LogP contribution in [0.25, 0.3) is 11.4 Å². The second-order valence-corrected chi connectivity index (χ2v) is 3.49. The Hall–Kier alpha value is -2.18. The summed E-state index contributed by atoms with van der Waals surface area (Å²) in [5.74, 6) is -1.05. The second kappa shape index (κ2) is 4.25. The quantitative estimate of drug-likeness (QED) is 0.799. The average molecular weight is 257 g/mol. The van der Waals surface area contributed by atoms with Gasteiger partial charge in [-0.25, -0.2) is 14.4 Å². The summed E-state index contributed by atoms with van der Waals surface area (Å²) in [6, 6.07) is 3.45. The summed E-state index contributed by atoms with van der Waals surface area (Å²) in [5.41, 5.74) is 3.93. The predicted molar refractivity (Wildman–Crippen MR) is 56.8 cm³/mol. The first kappa shape index (κ1) is 12.3. The zero-order valence-corrected chi connectivity index (χ0v) is 8.87. The van der Waals surface area contributed by atoms with E-state index in [9.17, 15) is 17.6 Å². The van der Waals surface area contributed by atoms with Crippen molar-refractivity contribution in [2.24, 2.45) is 0 Å². The molecule has 0 fully saturated rings. The van der Waals surface area contributed by atoms with Crippen LogP contribution >= 0.6 is 0 Å². The van der Waals surface area contributed by atoms with E-state index in [2.05, 4.69) is 9.97 Å². The topological polar surface area (TPSA) is 51.8 Å². The fourth-order valence-corrected chi connectivity index (χ4v) is 1.45. The van der Waals surface area contributed by atoms with Gasteiger partial charge >= 0.3 is 6.18 Å². The molecule has 0 aliphatic heterocycles. The number of halogens is 4. The van der Waals surface area contributed by atoms with Gasteiger partial charge in [0.2, 0.25) is 0 Å². The number of alkyl halides is 3. The van der Waals surface area contributed by atoms with E-state index < -0.39 is 23.1 Å². The number of aromatic nitrogens is 2. The molecule has 0 spiro atoms. The van der Waals surface area contributed by atoms with Crippen molar-refractivity contribution >= 4 is 5.82 Å². The van der Waals surface area contributed by atoms with Gasteiger partial charge < -0.3 is 5.73 Å².